The van der Waals surface area contributed by atoms with Gasteiger partial charge in [-0.3, -0.25) is 4.79 Å². The lowest BCUT2D eigenvalue weighted by Crippen LogP contribution is -2.47. The van der Waals surface area contributed by atoms with Crippen LogP contribution in [0.4, 0.5) is 0 Å². The van der Waals surface area contributed by atoms with Crippen LogP contribution in [0.5, 0.6) is 5.75 Å². The molecular weight excluding hydrogens is 276 g/mol. The van der Waals surface area contributed by atoms with E-state index in [9.17, 15) is 4.79 Å². The van der Waals surface area contributed by atoms with Crippen molar-refractivity contribution in [1.82, 2.24) is 0 Å². The van der Waals surface area contributed by atoms with Gasteiger partial charge in [0.15, 0.2) is 5.78 Å². The van der Waals surface area contributed by atoms with Gasteiger partial charge in [-0.15, -0.1) is 0 Å². The van der Waals surface area contributed by atoms with Crippen LogP contribution >= 0.6 is 11.6 Å². The maximum atomic E-state index is 12.8. The molecule has 1 aliphatic carbocycles. The van der Waals surface area contributed by atoms with Gasteiger partial charge in [-0.05, 0) is 50.3 Å². The van der Waals surface area contributed by atoms with Crippen molar-refractivity contribution in [2.45, 2.75) is 37.7 Å². The fourth-order valence-corrected chi connectivity index (χ4v) is 3.44. The molecule has 1 heterocycles. The Morgan fingerprint density at radius 3 is 2.90 bits per heavy atom. The molecule has 1 unspecified atom stereocenters. The first-order valence-electron chi connectivity index (χ1n) is 7.15. The molecule has 1 saturated carbocycles. The van der Waals surface area contributed by atoms with Gasteiger partial charge in [0.1, 0.15) is 5.75 Å². The first-order chi connectivity index (χ1) is 9.63. The largest absolute Gasteiger partial charge is 0.496 e. The summed E-state index contributed by atoms with van der Waals surface area (Å²) in [6.07, 6.45) is 5.01. The number of hydrogen-bond acceptors (Lipinski definition) is 3. The summed E-state index contributed by atoms with van der Waals surface area (Å²) < 4.78 is 11.2. The van der Waals surface area contributed by atoms with Gasteiger partial charge in [-0.2, -0.15) is 0 Å². The highest BCUT2D eigenvalue weighted by Gasteiger charge is 2.44. The molecule has 0 bridgehead atoms. The Balaban J connectivity index is 1.83. The maximum absolute atomic E-state index is 12.8. The van der Waals surface area contributed by atoms with E-state index in [0.717, 1.165) is 25.7 Å². The van der Waals surface area contributed by atoms with Crippen molar-refractivity contribution in [3.63, 3.8) is 0 Å². The molecule has 0 amide bonds. The summed E-state index contributed by atoms with van der Waals surface area (Å²) in [4.78, 5) is 12.8. The Labute approximate surface area is 124 Å². The van der Waals surface area contributed by atoms with Crippen molar-refractivity contribution < 1.29 is 14.3 Å². The van der Waals surface area contributed by atoms with Crippen LogP contribution in [-0.4, -0.2) is 25.1 Å². The number of ketones is 1. The minimum absolute atomic E-state index is 0.0234. The summed E-state index contributed by atoms with van der Waals surface area (Å²) in [5.74, 6) is 0.767. The summed E-state index contributed by atoms with van der Waals surface area (Å²) in [6.45, 7) is 0.680. The molecule has 2 aliphatic rings. The first-order valence-corrected chi connectivity index (χ1v) is 7.53. The predicted octanol–water partition coefficient (Wildman–Crippen LogP) is 3.88. The van der Waals surface area contributed by atoms with E-state index in [1.54, 1.807) is 25.3 Å². The number of carbonyl (C=O) groups excluding carboxylic acids is 1. The lowest BCUT2D eigenvalue weighted by molar-refractivity contribution is -0.137. The SMILES string of the molecule is COc1ccc(Cl)cc1C(=O)C1CCOC2(CCC2)C1. The minimum atomic E-state index is -0.0234. The van der Waals surface area contributed by atoms with Crippen molar-refractivity contribution in [2.75, 3.05) is 13.7 Å². The lowest BCUT2D eigenvalue weighted by atomic mass is 9.70. The average molecular weight is 295 g/mol. The number of carbonyl (C=O) groups is 1. The molecule has 0 aromatic heterocycles. The molecule has 20 heavy (non-hydrogen) atoms. The van der Waals surface area contributed by atoms with Crippen LogP contribution < -0.4 is 4.74 Å². The zero-order valence-electron chi connectivity index (χ0n) is 11.7. The Morgan fingerprint density at radius 2 is 2.25 bits per heavy atom. The molecule has 1 aliphatic heterocycles. The van der Waals surface area contributed by atoms with E-state index in [-0.39, 0.29) is 17.3 Å². The fraction of sp³-hybridized carbons (Fsp3) is 0.562. The zero-order valence-corrected chi connectivity index (χ0v) is 12.4. The number of methoxy groups -OCH3 is 1. The third-order valence-electron chi connectivity index (χ3n) is 4.56. The average Bonchev–Trinajstić information content (AvgIpc) is 2.45. The number of ether oxygens (including phenoxy) is 2. The van der Waals surface area contributed by atoms with E-state index in [0.29, 0.717) is 22.9 Å². The molecule has 3 rings (SSSR count). The van der Waals surface area contributed by atoms with Crippen molar-refractivity contribution in [1.29, 1.82) is 0 Å². The number of halogens is 1. The molecule has 1 atom stereocenters. The van der Waals surface area contributed by atoms with Crippen LogP contribution in [0.3, 0.4) is 0 Å². The Kier molecular flexibility index (Phi) is 3.74. The normalized spacial score (nSPS) is 24.2. The molecule has 1 saturated heterocycles. The van der Waals surface area contributed by atoms with Gasteiger partial charge in [0, 0.05) is 17.5 Å². The number of benzene rings is 1. The molecule has 1 aromatic rings. The van der Waals surface area contributed by atoms with E-state index >= 15 is 0 Å². The standard InChI is InChI=1S/C16H19ClO3/c1-19-14-4-3-12(17)9-13(14)15(18)11-5-8-20-16(10-11)6-2-7-16/h3-4,9,11H,2,5-8,10H2,1H3. The van der Waals surface area contributed by atoms with Crippen LogP contribution in [0.25, 0.3) is 0 Å². The number of Topliss-reactive ketones (excluding diaryl/α,β-unsaturated/α-hetero) is 1. The summed E-state index contributed by atoms with van der Waals surface area (Å²) in [5, 5.41) is 0.569. The molecule has 4 heteroatoms. The molecule has 3 nitrogen and oxygen atoms in total. The van der Waals surface area contributed by atoms with Gasteiger partial charge >= 0.3 is 0 Å². The van der Waals surface area contributed by atoms with E-state index in [4.69, 9.17) is 21.1 Å². The molecular formula is C16H19ClO3. The minimum Gasteiger partial charge on any atom is -0.496 e. The maximum Gasteiger partial charge on any atom is 0.169 e. The molecule has 1 spiro atoms. The van der Waals surface area contributed by atoms with Gasteiger partial charge in [0.2, 0.25) is 0 Å². The summed E-state index contributed by atoms with van der Waals surface area (Å²) in [7, 11) is 1.58. The highest BCUT2D eigenvalue weighted by molar-refractivity contribution is 6.31. The molecule has 0 radical (unpaired) electrons. The smallest absolute Gasteiger partial charge is 0.169 e. The Bertz CT molecular complexity index is 522. The number of rotatable bonds is 3. The van der Waals surface area contributed by atoms with E-state index in [2.05, 4.69) is 0 Å². The van der Waals surface area contributed by atoms with Gasteiger partial charge in [-0.25, -0.2) is 0 Å². The third-order valence-corrected chi connectivity index (χ3v) is 4.79. The highest BCUT2D eigenvalue weighted by Crippen LogP contribution is 2.45. The van der Waals surface area contributed by atoms with Gasteiger partial charge in [-0.1, -0.05) is 11.6 Å². The first kappa shape index (κ1) is 13.9. The second-order valence-electron chi connectivity index (χ2n) is 5.78. The molecule has 108 valence electrons. The quantitative estimate of drug-likeness (QED) is 0.794. The van der Waals surface area contributed by atoms with Crippen molar-refractivity contribution in [3.05, 3.63) is 28.8 Å². The van der Waals surface area contributed by atoms with Crippen molar-refractivity contribution in [2.24, 2.45) is 5.92 Å². The van der Waals surface area contributed by atoms with Crippen LogP contribution in [-0.2, 0) is 4.74 Å². The van der Waals surface area contributed by atoms with Crippen LogP contribution in [0.1, 0.15) is 42.5 Å². The van der Waals surface area contributed by atoms with Gasteiger partial charge in [0.25, 0.3) is 0 Å². The van der Waals surface area contributed by atoms with Crippen molar-refractivity contribution >= 4 is 17.4 Å². The van der Waals surface area contributed by atoms with Crippen LogP contribution in [0, 0.1) is 5.92 Å². The van der Waals surface area contributed by atoms with Crippen LogP contribution in [0.15, 0.2) is 18.2 Å². The predicted molar refractivity (Wildman–Crippen MR) is 77.6 cm³/mol. The van der Waals surface area contributed by atoms with Crippen LogP contribution in [0.2, 0.25) is 5.02 Å². The van der Waals surface area contributed by atoms with Crippen molar-refractivity contribution in [3.8, 4) is 5.75 Å². The van der Waals surface area contributed by atoms with E-state index in [1.807, 2.05) is 0 Å². The van der Waals surface area contributed by atoms with E-state index in [1.165, 1.54) is 6.42 Å². The number of hydrogen-bond donors (Lipinski definition) is 0. The third kappa shape index (κ3) is 2.45. The zero-order chi connectivity index (χ0) is 14.2. The van der Waals surface area contributed by atoms with E-state index < -0.39 is 0 Å². The summed E-state index contributed by atoms with van der Waals surface area (Å²) in [5.41, 5.74) is 0.575. The lowest BCUT2D eigenvalue weighted by Gasteiger charge is -2.46. The fourth-order valence-electron chi connectivity index (χ4n) is 3.26. The summed E-state index contributed by atoms with van der Waals surface area (Å²) >= 11 is 6.02. The molecule has 1 aromatic carbocycles. The molecule has 0 N–H and O–H groups in total. The highest BCUT2D eigenvalue weighted by atomic mass is 35.5. The topological polar surface area (TPSA) is 35.5 Å². The van der Waals surface area contributed by atoms with Gasteiger partial charge in [0.05, 0.1) is 18.3 Å². The monoisotopic (exact) mass is 294 g/mol. The second-order valence-corrected chi connectivity index (χ2v) is 6.22. The second kappa shape index (κ2) is 5.38. The Morgan fingerprint density at radius 1 is 1.45 bits per heavy atom. The molecule has 2 fully saturated rings. The summed E-state index contributed by atoms with van der Waals surface area (Å²) in [6, 6.07) is 5.22. The van der Waals surface area contributed by atoms with Gasteiger partial charge < -0.3 is 9.47 Å². The Hall–Kier alpha value is -1.06.